The topological polar surface area (TPSA) is 21.3 Å². The van der Waals surface area contributed by atoms with E-state index in [9.17, 15) is 0 Å². The van der Waals surface area contributed by atoms with E-state index in [1.165, 1.54) is 25.7 Å². The Labute approximate surface area is 94.8 Å². The Balaban J connectivity index is 1.91. The van der Waals surface area contributed by atoms with Crippen LogP contribution in [-0.2, 0) is 4.74 Å². The first-order valence-corrected chi connectivity index (χ1v) is 6.49. The Kier molecular flexibility index (Phi) is 6.26. The molecule has 1 aliphatic carbocycles. The van der Waals surface area contributed by atoms with E-state index < -0.39 is 0 Å². The lowest BCUT2D eigenvalue weighted by atomic mass is 9.87. The van der Waals surface area contributed by atoms with Crippen LogP contribution in [0.2, 0.25) is 0 Å². The Bertz CT molecular complexity index is 151. The third kappa shape index (κ3) is 6.16. The van der Waals surface area contributed by atoms with Crippen LogP contribution in [0.25, 0.3) is 0 Å². The van der Waals surface area contributed by atoms with Crippen LogP contribution >= 0.6 is 0 Å². The Morgan fingerprint density at radius 2 is 1.87 bits per heavy atom. The molecule has 1 rings (SSSR count). The molecule has 0 spiro atoms. The van der Waals surface area contributed by atoms with Crippen LogP contribution in [0.5, 0.6) is 0 Å². The molecule has 0 heterocycles. The molecule has 0 radical (unpaired) electrons. The Hall–Kier alpha value is -0.0800. The molecule has 0 aromatic heterocycles. The maximum Gasteiger partial charge on any atom is 0.0591 e. The van der Waals surface area contributed by atoms with Crippen molar-refractivity contribution in [3.8, 4) is 0 Å². The number of hydrogen-bond donors (Lipinski definition) is 1. The molecule has 0 saturated heterocycles. The van der Waals surface area contributed by atoms with Crippen LogP contribution in [-0.4, -0.2) is 25.8 Å². The molecule has 0 aliphatic heterocycles. The van der Waals surface area contributed by atoms with Gasteiger partial charge in [-0.15, -0.1) is 0 Å². The van der Waals surface area contributed by atoms with E-state index in [0.29, 0.717) is 5.92 Å². The maximum atomic E-state index is 5.54. The van der Waals surface area contributed by atoms with Gasteiger partial charge in [0.2, 0.25) is 0 Å². The fourth-order valence-corrected chi connectivity index (χ4v) is 2.12. The molecule has 0 unspecified atom stereocenters. The van der Waals surface area contributed by atoms with Crippen molar-refractivity contribution in [1.82, 2.24) is 5.32 Å². The zero-order valence-electron chi connectivity index (χ0n) is 10.6. The summed E-state index contributed by atoms with van der Waals surface area (Å²) >= 11 is 0. The van der Waals surface area contributed by atoms with Crippen LogP contribution in [0, 0.1) is 11.8 Å². The first kappa shape index (κ1) is 13.0. The van der Waals surface area contributed by atoms with E-state index in [0.717, 1.165) is 31.7 Å². The van der Waals surface area contributed by atoms with Gasteiger partial charge in [-0.3, -0.25) is 0 Å². The first-order valence-electron chi connectivity index (χ1n) is 6.49. The first-order chi connectivity index (χ1) is 7.18. The second kappa shape index (κ2) is 7.24. The number of ether oxygens (including phenoxy) is 1. The third-order valence-electron chi connectivity index (χ3n) is 3.15. The van der Waals surface area contributed by atoms with Crippen molar-refractivity contribution in [2.45, 2.75) is 52.5 Å². The van der Waals surface area contributed by atoms with Crippen LogP contribution < -0.4 is 5.32 Å². The molecule has 0 bridgehead atoms. The lowest BCUT2D eigenvalue weighted by Gasteiger charge is -2.27. The van der Waals surface area contributed by atoms with Crippen molar-refractivity contribution in [3.63, 3.8) is 0 Å². The highest BCUT2D eigenvalue weighted by atomic mass is 16.5. The minimum Gasteiger partial charge on any atom is -0.380 e. The molecular formula is C13H27NO. The Morgan fingerprint density at radius 1 is 1.20 bits per heavy atom. The van der Waals surface area contributed by atoms with Crippen LogP contribution in [0.4, 0.5) is 0 Å². The van der Waals surface area contributed by atoms with Gasteiger partial charge >= 0.3 is 0 Å². The van der Waals surface area contributed by atoms with Crippen molar-refractivity contribution >= 4 is 0 Å². The van der Waals surface area contributed by atoms with Gasteiger partial charge in [-0.05, 0) is 37.5 Å². The van der Waals surface area contributed by atoms with Crippen molar-refractivity contribution in [2.75, 3.05) is 19.8 Å². The zero-order chi connectivity index (χ0) is 11.1. The van der Waals surface area contributed by atoms with Crippen LogP contribution in [0.15, 0.2) is 0 Å². The number of nitrogens with one attached hydrogen (secondary N) is 1. The highest BCUT2D eigenvalue weighted by Crippen LogP contribution is 2.23. The van der Waals surface area contributed by atoms with Crippen molar-refractivity contribution in [3.05, 3.63) is 0 Å². The van der Waals surface area contributed by atoms with Crippen LogP contribution in [0.1, 0.15) is 46.5 Å². The average Bonchev–Trinajstić information content (AvgIpc) is 2.20. The lowest BCUT2D eigenvalue weighted by Crippen LogP contribution is -2.35. The van der Waals surface area contributed by atoms with Gasteiger partial charge in [0.15, 0.2) is 0 Å². The fraction of sp³-hybridized carbons (Fsp3) is 1.00. The molecule has 1 aliphatic rings. The van der Waals surface area contributed by atoms with E-state index in [1.807, 2.05) is 0 Å². The number of hydrogen-bond acceptors (Lipinski definition) is 2. The minimum atomic E-state index is 0.653. The summed E-state index contributed by atoms with van der Waals surface area (Å²) in [6.45, 7) is 9.52. The third-order valence-corrected chi connectivity index (χ3v) is 3.15. The highest BCUT2D eigenvalue weighted by Gasteiger charge is 2.16. The van der Waals surface area contributed by atoms with Crippen molar-refractivity contribution < 1.29 is 4.74 Å². The molecule has 2 nitrogen and oxygen atoms in total. The smallest absolute Gasteiger partial charge is 0.0591 e. The quantitative estimate of drug-likeness (QED) is 0.685. The molecule has 0 atom stereocenters. The Morgan fingerprint density at radius 3 is 2.47 bits per heavy atom. The molecule has 1 N–H and O–H groups in total. The summed E-state index contributed by atoms with van der Waals surface area (Å²) in [6.07, 6.45) is 5.49. The summed E-state index contributed by atoms with van der Waals surface area (Å²) in [6, 6.07) is 0.754. The maximum absolute atomic E-state index is 5.54. The molecular weight excluding hydrogens is 186 g/mol. The molecule has 2 heteroatoms. The predicted molar refractivity (Wildman–Crippen MR) is 65.1 cm³/mol. The fourth-order valence-electron chi connectivity index (χ4n) is 2.12. The molecule has 0 aromatic rings. The van der Waals surface area contributed by atoms with E-state index in [1.54, 1.807) is 0 Å². The monoisotopic (exact) mass is 213 g/mol. The van der Waals surface area contributed by atoms with Crippen molar-refractivity contribution in [1.29, 1.82) is 0 Å². The number of rotatable bonds is 6. The summed E-state index contributed by atoms with van der Waals surface area (Å²) < 4.78 is 5.54. The second-order valence-corrected chi connectivity index (χ2v) is 5.38. The molecule has 1 saturated carbocycles. The summed E-state index contributed by atoms with van der Waals surface area (Å²) in [4.78, 5) is 0. The summed E-state index contributed by atoms with van der Waals surface area (Å²) in [5.74, 6) is 1.60. The van der Waals surface area contributed by atoms with E-state index in [2.05, 4.69) is 26.1 Å². The van der Waals surface area contributed by atoms with E-state index in [4.69, 9.17) is 4.74 Å². The van der Waals surface area contributed by atoms with Gasteiger partial charge in [-0.2, -0.15) is 0 Å². The average molecular weight is 213 g/mol. The minimum absolute atomic E-state index is 0.653. The van der Waals surface area contributed by atoms with Gasteiger partial charge in [-0.25, -0.2) is 0 Å². The van der Waals surface area contributed by atoms with Crippen LogP contribution in [0.3, 0.4) is 0 Å². The zero-order valence-corrected chi connectivity index (χ0v) is 10.6. The van der Waals surface area contributed by atoms with E-state index >= 15 is 0 Å². The lowest BCUT2D eigenvalue weighted by molar-refractivity contribution is 0.108. The van der Waals surface area contributed by atoms with Gasteiger partial charge in [0, 0.05) is 19.2 Å². The van der Waals surface area contributed by atoms with E-state index in [-0.39, 0.29) is 0 Å². The SMILES string of the molecule is CC(C)COCCNC1CCC(C)CC1. The van der Waals surface area contributed by atoms with Gasteiger partial charge in [-0.1, -0.05) is 20.8 Å². The standard InChI is InChI=1S/C13H27NO/c1-11(2)10-15-9-8-14-13-6-4-12(3)5-7-13/h11-14H,4-10H2,1-3H3. The normalized spacial score (nSPS) is 27.2. The van der Waals surface area contributed by atoms with Gasteiger partial charge in [0.05, 0.1) is 6.61 Å². The summed E-state index contributed by atoms with van der Waals surface area (Å²) in [7, 11) is 0. The molecule has 90 valence electrons. The summed E-state index contributed by atoms with van der Waals surface area (Å²) in [5.41, 5.74) is 0. The molecule has 1 fully saturated rings. The van der Waals surface area contributed by atoms with Gasteiger partial charge in [0.1, 0.15) is 0 Å². The van der Waals surface area contributed by atoms with Gasteiger partial charge < -0.3 is 10.1 Å². The van der Waals surface area contributed by atoms with Gasteiger partial charge in [0.25, 0.3) is 0 Å². The molecule has 15 heavy (non-hydrogen) atoms. The van der Waals surface area contributed by atoms with Crippen molar-refractivity contribution in [2.24, 2.45) is 11.8 Å². The molecule has 0 amide bonds. The largest absolute Gasteiger partial charge is 0.380 e. The second-order valence-electron chi connectivity index (χ2n) is 5.38. The highest BCUT2D eigenvalue weighted by molar-refractivity contribution is 4.74. The predicted octanol–water partition coefficient (Wildman–Crippen LogP) is 2.83. The molecule has 0 aromatic carbocycles. The summed E-state index contributed by atoms with van der Waals surface area (Å²) in [5, 5.41) is 3.59.